The maximum atomic E-state index is 9.34. The lowest BCUT2D eigenvalue weighted by Crippen LogP contribution is -2.47. The standard InChI is InChI=1S/C7H14O4/c1-4-7(10-2)5(8)3-6(9)11-4/h4-9H,3H2,1-2H3/t4-,5-,6?,7-/m1/s1. The molecule has 1 aliphatic rings. The van der Waals surface area contributed by atoms with E-state index in [9.17, 15) is 5.11 Å². The van der Waals surface area contributed by atoms with Crippen molar-refractivity contribution in [2.45, 2.75) is 37.9 Å². The van der Waals surface area contributed by atoms with E-state index in [0.717, 1.165) is 0 Å². The highest BCUT2D eigenvalue weighted by Crippen LogP contribution is 2.20. The van der Waals surface area contributed by atoms with Gasteiger partial charge in [0.05, 0.1) is 12.2 Å². The molecule has 1 rings (SSSR count). The molecule has 4 atom stereocenters. The van der Waals surface area contributed by atoms with E-state index < -0.39 is 12.4 Å². The van der Waals surface area contributed by atoms with Crippen molar-refractivity contribution in [1.29, 1.82) is 0 Å². The van der Waals surface area contributed by atoms with E-state index in [4.69, 9.17) is 14.6 Å². The summed E-state index contributed by atoms with van der Waals surface area (Å²) in [4.78, 5) is 0. The van der Waals surface area contributed by atoms with Crippen LogP contribution in [0.1, 0.15) is 13.3 Å². The molecular formula is C7H14O4. The molecule has 0 spiro atoms. The third kappa shape index (κ3) is 1.90. The molecule has 2 N–H and O–H groups in total. The lowest BCUT2D eigenvalue weighted by Gasteiger charge is -2.34. The molecule has 66 valence electrons. The molecule has 0 radical (unpaired) electrons. The molecule has 4 nitrogen and oxygen atoms in total. The quantitative estimate of drug-likeness (QED) is 0.545. The molecule has 0 aliphatic carbocycles. The topological polar surface area (TPSA) is 58.9 Å². The number of rotatable bonds is 1. The normalized spacial score (nSPS) is 45.8. The van der Waals surface area contributed by atoms with Crippen molar-refractivity contribution in [2.75, 3.05) is 7.11 Å². The summed E-state index contributed by atoms with van der Waals surface area (Å²) in [5.41, 5.74) is 0. The minimum Gasteiger partial charge on any atom is -0.390 e. The van der Waals surface area contributed by atoms with Crippen LogP contribution in [0.2, 0.25) is 0 Å². The van der Waals surface area contributed by atoms with Crippen LogP contribution in [0.25, 0.3) is 0 Å². The SMILES string of the molecule is CO[C@H]1[C@H](O)CC(O)O[C@@H]1C. The maximum Gasteiger partial charge on any atom is 0.157 e. The van der Waals surface area contributed by atoms with Crippen LogP contribution < -0.4 is 0 Å². The minimum absolute atomic E-state index is 0.225. The van der Waals surface area contributed by atoms with Crippen molar-refractivity contribution in [3.05, 3.63) is 0 Å². The van der Waals surface area contributed by atoms with Crippen LogP contribution in [0.5, 0.6) is 0 Å². The molecule has 0 bridgehead atoms. The Labute approximate surface area is 65.7 Å². The molecule has 11 heavy (non-hydrogen) atoms. The van der Waals surface area contributed by atoms with Gasteiger partial charge in [0.25, 0.3) is 0 Å². The average Bonchev–Trinajstić information content (AvgIpc) is 1.85. The molecule has 0 aromatic rings. The monoisotopic (exact) mass is 162 g/mol. The van der Waals surface area contributed by atoms with Gasteiger partial charge in [-0.1, -0.05) is 0 Å². The van der Waals surface area contributed by atoms with Crippen LogP contribution in [0, 0.1) is 0 Å². The van der Waals surface area contributed by atoms with E-state index >= 15 is 0 Å². The third-order valence-corrected chi connectivity index (χ3v) is 1.93. The summed E-state index contributed by atoms with van der Waals surface area (Å²) in [6.07, 6.45) is -1.83. The second-order valence-corrected chi connectivity index (χ2v) is 2.80. The molecule has 0 aromatic heterocycles. The Morgan fingerprint density at radius 2 is 2.09 bits per heavy atom. The van der Waals surface area contributed by atoms with Crippen LogP contribution in [0.3, 0.4) is 0 Å². The van der Waals surface area contributed by atoms with Gasteiger partial charge in [0.15, 0.2) is 6.29 Å². The van der Waals surface area contributed by atoms with Crippen molar-refractivity contribution in [1.82, 2.24) is 0 Å². The highest BCUT2D eigenvalue weighted by Gasteiger charge is 2.34. The summed E-state index contributed by atoms with van der Waals surface area (Å²) >= 11 is 0. The Balaban J connectivity index is 2.52. The molecule has 1 heterocycles. The van der Waals surface area contributed by atoms with Crippen LogP contribution >= 0.6 is 0 Å². The molecular weight excluding hydrogens is 148 g/mol. The molecule has 0 amide bonds. The maximum absolute atomic E-state index is 9.34. The van der Waals surface area contributed by atoms with Crippen molar-refractivity contribution in [3.8, 4) is 0 Å². The summed E-state index contributed by atoms with van der Waals surface area (Å²) in [7, 11) is 1.52. The number of aliphatic hydroxyl groups is 2. The van der Waals surface area contributed by atoms with Crippen molar-refractivity contribution in [2.24, 2.45) is 0 Å². The number of hydrogen-bond donors (Lipinski definition) is 2. The second kappa shape index (κ2) is 3.49. The van der Waals surface area contributed by atoms with Gasteiger partial charge in [-0.2, -0.15) is 0 Å². The lowest BCUT2D eigenvalue weighted by atomic mass is 10.0. The first kappa shape index (κ1) is 8.93. The number of hydrogen-bond acceptors (Lipinski definition) is 4. The van der Waals surface area contributed by atoms with Gasteiger partial charge in [0.2, 0.25) is 0 Å². The predicted molar refractivity (Wildman–Crippen MR) is 38.0 cm³/mol. The summed E-state index contributed by atoms with van der Waals surface area (Å²) < 4.78 is 10.0. The Morgan fingerprint density at radius 1 is 1.45 bits per heavy atom. The fraction of sp³-hybridized carbons (Fsp3) is 1.00. The highest BCUT2D eigenvalue weighted by atomic mass is 16.6. The Bertz CT molecular complexity index is 116. The fourth-order valence-electron chi connectivity index (χ4n) is 1.38. The van der Waals surface area contributed by atoms with E-state index in [1.807, 2.05) is 0 Å². The molecule has 1 unspecified atom stereocenters. The molecule has 4 heteroatoms. The molecule has 1 aliphatic heterocycles. The van der Waals surface area contributed by atoms with E-state index in [0.29, 0.717) is 0 Å². The predicted octanol–water partition coefficient (Wildman–Crippen LogP) is -0.510. The van der Waals surface area contributed by atoms with Crippen LogP contribution in [-0.4, -0.2) is 41.9 Å². The van der Waals surface area contributed by atoms with E-state index in [1.54, 1.807) is 6.92 Å². The van der Waals surface area contributed by atoms with Gasteiger partial charge in [0, 0.05) is 13.5 Å². The first-order valence-corrected chi connectivity index (χ1v) is 3.69. The van der Waals surface area contributed by atoms with Crippen LogP contribution in [-0.2, 0) is 9.47 Å². The van der Waals surface area contributed by atoms with E-state index in [2.05, 4.69) is 0 Å². The van der Waals surface area contributed by atoms with Crippen molar-refractivity contribution in [3.63, 3.8) is 0 Å². The summed E-state index contributed by atoms with van der Waals surface area (Å²) in [5.74, 6) is 0. The van der Waals surface area contributed by atoms with Crippen molar-refractivity contribution < 1.29 is 19.7 Å². The fourth-order valence-corrected chi connectivity index (χ4v) is 1.38. The smallest absolute Gasteiger partial charge is 0.157 e. The van der Waals surface area contributed by atoms with Gasteiger partial charge in [-0.3, -0.25) is 0 Å². The Kier molecular flexibility index (Phi) is 2.84. The third-order valence-electron chi connectivity index (χ3n) is 1.93. The van der Waals surface area contributed by atoms with Crippen molar-refractivity contribution >= 4 is 0 Å². The first-order valence-electron chi connectivity index (χ1n) is 3.69. The zero-order chi connectivity index (χ0) is 8.43. The number of ether oxygens (including phenoxy) is 2. The zero-order valence-electron chi connectivity index (χ0n) is 6.73. The van der Waals surface area contributed by atoms with Gasteiger partial charge in [-0.25, -0.2) is 0 Å². The summed E-state index contributed by atoms with van der Waals surface area (Å²) in [6, 6.07) is 0. The van der Waals surface area contributed by atoms with Gasteiger partial charge in [-0.05, 0) is 6.92 Å². The summed E-state index contributed by atoms with van der Waals surface area (Å²) in [6.45, 7) is 1.76. The number of methoxy groups -OCH3 is 1. The highest BCUT2D eigenvalue weighted by molar-refractivity contribution is 4.80. The van der Waals surface area contributed by atoms with E-state index in [-0.39, 0.29) is 18.6 Å². The second-order valence-electron chi connectivity index (χ2n) is 2.80. The van der Waals surface area contributed by atoms with Crippen LogP contribution in [0.15, 0.2) is 0 Å². The average molecular weight is 162 g/mol. The lowest BCUT2D eigenvalue weighted by molar-refractivity contribution is -0.232. The zero-order valence-corrected chi connectivity index (χ0v) is 6.73. The van der Waals surface area contributed by atoms with Gasteiger partial charge < -0.3 is 19.7 Å². The minimum atomic E-state index is -0.855. The summed E-state index contributed by atoms with van der Waals surface area (Å²) in [5, 5.41) is 18.4. The van der Waals surface area contributed by atoms with Gasteiger partial charge in [0.1, 0.15) is 6.10 Å². The number of aliphatic hydroxyl groups excluding tert-OH is 2. The molecule has 1 fully saturated rings. The van der Waals surface area contributed by atoms with Gasteiger partial charge >= 0.3 is 0 Å². The first-order chi connectivity index (χ1) is 5.15. The molecule has 1 saturated heterocycles. The Morgan fingerprint density at radius 3 is 2.55 bits per heavy atom. The molecule has 0 aromatic carbocycles. The Hall–Kier alpha value is -0.160. The molecule has 0 saturated carbocycles. The van der Waals surface area contributed by atoms with Crippen LogP contribution in [0.4, 0.5) is 0 Å². The van der Waals surface area contributed by atoms with E-state index in [1.165, 1.54) is 7.11 Å². The van der Waals surface area contributed by atoms with Gasteiger partial charge in [-0.15, -0.1) is 0 Å². The largest absolute Gasteiger partial charge is 0.390 e.